The van der Waals surface area contributed by atoms with Crippen LogP contribution in [0, 0.1) is 0 Å². The van der Waals surface area contributed by atoms with E-state index in [1.54, 1.807) is 0 Å². The van der Waals surface area contributed by atoms with Gasteiger partial charge in [-0.1, -0.05) is 91.8 Å². The number of carbonyl (C=O) groups is 4. The normalized spacial score (nSPS) is 17.3. The fourth-order valence-electron chi connectivity index (χ4n) is 9.39. The number of benzene rings is 4. The first-order valence-corrected chi connectivity index (χ1v) is 20.0. The predicted octanol–water partition coefficient (Wildman–Crippen LogP) is 10.1. The van der Waals surface area contributed by atoms with Gasteiger partial charge in [-0.25, -0.2) is 9.80 Å². The van der Waals surface area contributed by atoms with Crippen LogP contribution in [0.5, 0.6) is 0 Å². The topological polar surface area (TPSA) is 81.2 Å². The molecule has 0 N–H and O–H groups in total. The van der Waals surface area contributed by atoms with Crippen molar-refractivity contribution in [2.45, 2.75) is 105 Å². The summed E-state index contributed by atoms with van der Waals surface area (Å²) in [5.41, 5.74) is 7.94. The van der Waals surface area contributed by atoms with Gasteiger partial charge in [-0.05, 0) is 83.7 Å². The first-order chi connectivity index (χ1) is 25.8. The third-order valence-corrected chi connectivity index (χ3v) is 12.1. The molecule has 4 amide bonds. The smallest absolute Gasteiger partial charge is 0.268 e. The van der Waals surface area contributed by atoms with Gasteiger partial charge in [0.15, 0.2) is 0 Å². The lowest BCUT2D eigenvalue weighted by atomic mass is 9.81. The Morgan fingerprint density at radius 1 is 0.444 bits per heavy atom. The lowest BCUT2D eigenvalue weighted by Gasteiger charge is -2.38. The van der Waals surface area contributed by atoms with Gasteiger partial charge in [0, 0.05) is 37.0 Å². The molecule has 0 aromatic heterocycles. The lowest BCUT2D eigenvalue weighted by molar-refractivity contribution is 0.0872. The molecule has 8 heteroatoms. The summed E-state index contributed by atoms with van der Waals surface area (Å²) in [6, 6.07) is 15.9. The molecule has 2 saturated heterocycles. The Balaban J connectivity index is 1.48. The second-order valence-electron chi connectivity index (χ2n) is 16.9. The van der Waals surface area contributed by atoms with Crippen molar-refractivity contribution in [3.05, 3.63) is 93.0 Å². The number of carbonyl (C=O) groups excluding carboxylic acids is 4. The number of amides is 4. The van der Waals surface area contributed by atoms with E-state index in [-0.39, 0.29) is 23.7 Å². The number of hydrogen-bond acceptors (Lipinski definition) is 6. The highest BCUT2D eigenvalue weighted by atomic mass is 16.2. The van der Waals surface area contributed by atoms with Crippen LogP contribution < -0.4 is 19.6 Å². The molecule has 0 saturated carbocycles. The van der Waals surface area contributed by atoms with E-state index in [2.05, 4.69) is 65.2 Å². The number of hydrogen-bond donors (Lipinski definition) is 0. The maximum atomic E-state index is 15.4. The molecule has 0 unspecified atom stereocenters. The van der Waals surface area contributed by atoms with Gasteiger partial charge in [-0.3, -0.25) is 19.2 Å². The molecule has 0 radical (unpaired) electrons. The van der Waals surface area contributed by atoms with Crippen LogP contribution in [0.1, 0.15) is 168 Å². The minimum atomic E-state index is -0.409. The number of anilines is 4. The standard InChI is InChI=1S/C46H52N4O4/c1-25(2)29-15-13-16-30(26(3)4)41(29)49-43(51)33-23-36(48-21-11-12-22-48)40-38-34(24-35(47-19-9-10-20-47)39(37(33)38)45(49)53)44(52)50(46(40)54)42-31(27(5)6)17-14-18-32(42)28(7)8/h13-18,23-28H,9-12,19-22H2,1-8H3. The summed E-state index contributed by atoms with van der Waals surface area (Å²) in [6.45, 7) is 19.7. The molecule has 4 aliphatic rings. The van der Waals surface area contributed by atoms with Crippen LogP contribution in [0.3, 0.4) is 0 Å². The monoisotopic (exact) mass is 724 g/mol. The molecule has 0 bridgehead atoms. The Hall–Kier alpha value is -4.98. The highest BCUT2D eigenvalue weighted by Crippen LogP contribution is 2.50. The molecule has 4 aromatic rings. The number of imide groups is 2. The van der Waals surface area contributed by atoms with Crippen molar-refractivity contribution < 1.29 is 19.2 Å². The van der Waals surface area contributed by atoms with Gasteiger partial charge in [0.05, 0.1) is 45.0 Å². The molecule has 2 fully saturated rings. The molecule has 0 spiro atoms. The molecule has 0 atom stereocenters. The molecule has 4 aliphatic heterocycles. The number of rotatable bonds is 8. The van der Waals surface area contributed by atoms with Crippen molar-refractivity contribution in [1.82, 2.24) is 0 Å². The van der Waals surface area contributed by atoms with E-state index < -0.39 is 23.6 Å². The van der Waals surface area contributed by atoms with E-state index in [9.17, 15) is 0 Å². The van der Waals surface area contributed by atoms with Crippen molar-refractivity contribution in [1.29, 1.82) is 0 Å². The van der Waals surface area contributed by atoms with E-state index >= 15 is 19.2 Å². The summed E-state index contributed by atoms with van der Waals surface area (Å²) in [4.78, 5) is 68.6. The maximum absolute atomic E-state index is 15.4. The quantitative estimate of drug-likeness (QED) is 0.168. The Kier molecular flexibility index (Phi) is 8.94. The fourth-order valence-corrected chi connectivity index (χ4v) is 9.39. The Labute approximate surface area is 319 Å². The van der Waals surface area contributed by atoms with E-state index in [1.807, 2.05) is 48.5 Å². The van der Waals surface area contributed by atoms with Crippen molar-refractivity contribution in [2.24, 2.45) is 0 Å². The molecule has 8 rings (SSSR count). The minimum absolute atomic E-state index is 0.0555. The highest BCUT2D eigenvalue weighted by Gasteiger charge is 2.47. The molecule has 0 aliphatic carbocycles. The van der Waals surface area contributed by atoms with Crippen LogP contribution in [0.4, 0.5) is 22.7 Å². The summed E-state index contributed by atoms with van der Waals surface area (Å²) in [5.74, 6) is -1.39. The largest absolute Gasteiger partial charge is 0.371 e. The van der Waals surface area contributed by atoms with Gasteiger partial charge in [-0.2, -0.15) is 0 Å². The maximum Gasteiger partial charge on any atom is 0.268 e. The molecule has 280 valence electrons. The van der Waals surface area contributed by atoms with E-state index in [0.717, 1.165) is 74.1 Å². The fraction of sp³-hybridized carbons (Fsp3) is 0.435. The Morgan fingerprint density at radius 2 is 0.741 bits per heavy atom. The van der Waals surface area contributed by atoms with Crippen LogP contribution in [0.15, 0.2) is 48.5 Å². The minimum Gasteiger partial charge on any atom is -0.371 e. The Bertz CT molecular complexity index is 2040. The van der Waals surface area contributed by atoms with E-state index in [4.69, 9.17) is 0 Å². The molecule has 4 aromatic carbocycles. The number of para-hydroxylation sites is 2. The SMILES string of the molecule is CC(C)c1cccc(C(C)C)c1N1C(=O)c2cc(N3CCCC3)c3c4c(cc(N5CCCC5)c(c24)C1=O)C(=O)N(c1c(C(C)C)cccc1C(C)C)C3=O. The lowest BCUT2D eigenvalue weighted by Crippen LogP contribution is -2.46. The van der Waals surface area contributed by atoms with Crippen molar-refractivity contribution >= 4 is 57.2 Å². The van der Waals surface area contributed by atoms with Crippen LogP contribution in [-0.2, 0) is 0 Å². The summed E-state index contributed by atoms with van der Waals surface area (Å²) in [6.07, 6.45) is 3.84. The summed E-state index contributed by atoms with van der Waals surface area (Å²) in [7, 11) is 0. The van der Waals surface area contributed by atoms with Gasteiger partial charge in [0.1, 0.15) is 0 Å². The molecular formula is C46H52N4O4. The number of nitrogens with zero attached hydrogens (tertiary/aromatic N) is 4. The first kappa shape index (κ1) is 36.0. The summed E-state index contributed by atoms with van der Waals surface area (Å²) >= 11 is 0. The van der Waals surface area contributed by atoms with Gasteiger partial charge in [0.25, 0.3) is 23.6 Å². The Morgan fingerprint density at radius 3 is 1.02 bits per heavy atom. The van der Waals surface area contributed by atoms with Crippen LogP contribution in [0.2, 0.25) is 0 Å². The van der Waals surface area contributed by atoms with Gasteiger partial charge in [0.2, 0.25) is 0 Å². The van der Waals surface area contributed by atoms with Crippen molar-refractivity contribution in [3.63, 3.8) is 0 Å². The highest BCUT2D eigenvalue weighted by molar-refractivity contribution is 6.45. The van der Waals surface area contributed by atoms with E-state index in [1.165, 1.54) is 9.80 Å². The third kappa shape index (κ3) is 5.30. The van der Waals surface area contributed by atoms with Crippen LogP contribution in [0.25, 0.3) is 10.8 Å². The predicted molar refractivity (Wildman–Crippen MR) is 218 cm³/mol. The van der Waals surface area contributed by atoms with Crippen molar-refractivity contribution in [3.8, 4) is 0 Å². The van der Waals surface area contributed by atoms with Gasteiger partial charge >= 0.3 is 0 Å². The van der Waals surface area contributed by atoms with E-state index in [0.29, 0.717) is 55.8 Å². The van der Waals surface area contributed by atoms with Crippen molar-refractivity contribution in [2.75, 3.05) is 45.8 Å². The van der Waals surface area contributed by atoms with Gasteiger partial charge in [-0.15, -0.1) is 0 Å². The average molecular weight is 725 g/mol. The third-order valence-electron chi connectivity index (χ3n) is 12.1. The summed E-state index contributed by atoms with van der Waals surface area (Å²) in [5, 5.41) is 0.878. The zero-order chi connectivity index (χ0) is 38.3. The molecule has 8 nitrogen and oxygen atoms in total. The molecular weight excluding hydrogens is 673 g/mol. The van der Waals surface area contributed by atoms with Crippen LogP contribution in [-0.4, -0.2) is 49.8 Å². The summed E-state index contributed by atoms with van der Waals surface area (Å²) < 4.78 is 0. The average Bonchev–Trinajstić information content (AvgIpc) is 3.88. The second-order valence-corrected chi connectivity index (χ2v) is 16.9. The molecule has 4 heterocycles. The zero-order valence-electron chi connectivity index (χ0n) is 33.0. The first-order valence-electron chi connectivity index (χ1n) is 20.0. The molecule has 54 heavy (non-hydrogen) atoms. The van der Waals surface area contributed by atoms with Gasteiger partial charge < -0.3 is 9.80 Å². The zero-order valence-corrected chi connectivity index (χ0v) is 33.0. The van der Waals surface area contributed by atoms with Crippen LogP contribution >= 0.6 is 0 Å². The second kappa shape index (κ2) is 13.4.